The van der Waals surface area contributed by atoms with Crippen molar-refractivity contribution in [2.75, 3.05) is 12.4 Å². The Bertz CT molecular complexity index is 1220. The van der Waals surface area contributed by atoms with Gasteiger partial charge in [-0.2, -0.15) is 5.10 Å². The van der Waals surface area contributed by atoms with Crippen molar-refractivity contribution in [3.63, 3.8) is 0 Å². The van der Waals surface area contributed by atoms with Gasteiger partial charge in [0, 0.05) is 22.5 Å². The lowest BCUT2D eigenvalue weighted by Gasteiger charge is -2.12. The second-order valence-electron chi connectivity index (χ2n) is 7.01. The molecule has 0 aliphatic carbocycles. The number of thiophene rings is 1. The highest BCUT2D eigenvalue weighted by molar-refractivity contribution is 7.19. The Morgan fingerprint density at radius 1 is 1.27 bits per heavy atom. The number of ether oxygens (including phenoxy) is 1. The molecule has 0 radical (unpaired) electrons. The molecular weight excluding hydrogens is 407 g/mol. The summed E-state index contributed by atoms with van der Waals surface area (Å²) in [6.45, 7) is 5.77. The minimum absolute atomic E-state index is 0.158. The van der Waals surface area contributed by atoms with Gasteiger partial charge in [-0.25, -0.2) is 24.0 Å². The minimum Gasteiger partial charge on any atom is -0.481 e. The van der Waals surface area contributed by atoms with Crippen molar-refractivity contribution in [2.45, 2.75) is 33.4 Å². The molecule has 8 nitrogen and oxygen atoms in total. The van der Waals surface area contributed by atoms with Gasteiger partial charge in [0.05, 0.1) is 47.6 Å². The fourth-order valence-electron chi connectivity index (χ4n) is 3.28. The summed E-state index contributed by atoms with van der Waals surface area (Å²) in [5.74, 6) is 0.896. The zero-order valence-corrected chi connectivity index (χ0v) is 17.8. The zero-order valence-electron chi connectivity index (χ0n) is 17.0. The van der Waals surface area contributed by atoms with Crippen molar-refractivity contribution in [1.29, 1.82) is 0 Å². The monoisotopic (exact) mass is 428 g/mol. The lowest BCUT2D eigenvalue weighted by atomic mass is 10.1. The Balaban J connectivity index is 1.86. The van der Waals surface area contributed by atoms with E-state index in [9.17, 15) is 9.50 Å². The van der Waals surface area contributed by atoms with E-state index in [0.29, 0.717) is 27.5 Å². The van der Waals surface area contributed by atoms with E-state index < -0.39 is 5.82 Å². The number of aromatic nitrogens is 5. The Kier molecular flexibility index (Phi) is 5.35. The largest absolute Gasteiger partial charge is 0.481 e. The fourth-order valence-corrected chi connectivity index (χ4v) is 4.26. The van der Waals surface area contributed by atoms with Crippen LogP contribution >= 0.6 is 11.3 Å². The zero-order chi connectivity index (χ0) is 21.4. The quantitative estimate of drug-likeness (QED) is 0.474. The van der Waals surface area contributed by atoms with Crippen molar-refractivity contribution >= 4 is 33.3 Å². The molecule has 0 aliphatic heterocycles. The fraction of sp³-hybridized carbons (Fsp3) is 0.300. The van der Waals surface area contributed by atoms with Crippen LogP contribution in [0.2, 0.25) is 0 Å². The summed E-state index contributed by atoms with van der Waals surface area (Å²) in [5.41, 5.74) is 2.47. The summed E-state index contributed by atoms with van der Waals surface area (Å²) in [7, 11) is 1.47. The van der Waals surface area contributed by atoms with E-state index in [1.54, 1.807) is 6.20 Å². The van der Waals surface area contributed by atoms with E-state index in [1.165, 1.54) is 24.5 Å². The highest BCUT2D eigenvalue weighted by Crippen LogP contribution is 2.41. The van der Waals surface area contributed by atoms with Crippen LogP contribution in [-0.2, 0) is 6.61 Å². The number of nitrogens with one attached hydrogen (secondary N) is 1. The van der Waals surface area contributed by atoms with Crippen molar-refractivity contribution in [2.24, 2.45) is 0 Å². The smallest absolute Gasteiger partial charge is 0.228 e. The van der Waals surface area contributed by atoms with Crippen molar-refractivity contribution in [3.05, 3.63) is 40.9 Å². The first-order chi connectivity index (χ1) is 14.4. The van der Waals surface area contributed by atoms with E-state index in [0.717, 1.165) is 22.4 Å². The van der Waals surface area contributed by atoms with E-state index in [1.807, 2.05) is 31.5 Å². The topological polar surface area (TPSA) is 98.0 Å². The van der Waals surface area contributed by atoms with Crippen LogP contribution in [0.25, 0.3) is 21.3 Å². The number of fused-ring (bicyclic) bond motifs is 1. The third-order valence-corrected chi connectivity index (χ3v) is 5.61. The number of pyridine rings is 1. The molecule has 0 saturated carbocycles. The SMILES string of the molecule is COc1ncc(F)cc1-c1c(CO)sc2cnc(Nc3cc(C)nn3C(C)C)nc12. The predicted octanol–water partition coefficient (Wildman–Crippen LogP) is 4.22. The lowest BCUT2D eigenvalue weighted by Crippen LogP contribution is -2.08. The van der Waals surface area contributed by atoms with E-state index in [4.69, 9.17) is 4.74 Å². The van der Waals surface area contributed by atoms with Gasteiger partial charge in [0.15, 0.2) is 0 Å². The van der Waals surface area contributed by atoms with Gasteiger partial charge in [-0.15, -0.1) is 11.3 Å². The van der Waals surface area contributed by atoms with Crippen LogP contribution in [0.3, 0.4) is 0 Å². The summed E-state index contributed by atoms with van der Waals surface area (Å²) in [6.07, 6.45) is 2.77. The summed E-state index contributed by atoms with van der Waals surface area (Å²) in [4.78, 5) is 13.7. The molecule has 0 bridgehead atoms. The number of aliphatic hydroxyl groups excluding tert-OH is 1. The normalized spacial score (nSPS) is 11.4. The van der Waals surface area contributed by atoms with Gasteiger partial charge in [-0.05, 0) is 26.8 Å². The maximum atomic E-state index is 14.0. The van der Waals surface area contributed by atoms with E-state index in [2.05, 4.69) is 25.4 Å². The molecule has 4 rings (SSSR count). The predicted molar refractivity (Wildman–Crippen MR) is 114 cm³/mol. The molecule has 4 heterocycles. The Labute approximate surface area is 176 Å². The van der Waals surface area contributed by atoms with Gasteiger partial charge < -0.3 is 15.2 Å². The number of rotatable bonds is 6. The van der Waals surface area contributed by atoms with Crippen LogP contribution in [0.1, 0.15) is 30.5 Å². The number of halogens is 1. The second kappa shape index (κ2) is 7.96. The average molecular weight is 428 g/mol. The number of aliphatic hydroxyl groups is 1. The molecule has 0 amide bonds. The van der Waals surface area contributed by atoms with E-state index in [-0.39, 0.29) is 18.5 Å². The summed E-state index contributed by atoms with van der Waals surface area (Å²) >= 11 is 1.34. The third kappa shape index (κ3) is 3.59. The lowest BCUT2D eigenvalue weighted by molar-refractivity contribution is 0.286. The van der Waals surface area contributed by atoms with Crippen LogP contribution < -0.4 is 10.1 Å². The molecule has 0 saturated heterocycles. The highest BCUT2D eigenvalue weighted by atomic mass is 32.1. The van der Waals surface area contributed by atoms with Gasteiger partial charge in [0.2, 0.25) is 11.8 Å². The molecule has 4 aromatic rings. The van der Waals surface area contributed by atoms with Crippen LogP contribution in [0.15, 0.2) is 24.5 Å². The van der Waals surface area contributed by atoms with E-state index >= 15 is 0 Å². The van der Waals surface area contributed by atoms with Crippen LogP contribution in [-0.4, -0.2) is 36.9 Å². The maximum Gasteiger partial charge on any atom is 0.228 e. The number of methoxy groups -OCH3 is 1. The van der Waals surface area contributed by atoms with Gasteiger partial charge in [0.1, 0.15) is 11.6 Å². The molecule has 10 heteroatoms. The molecule has 4 aromatic heterocycles. The number of hydrogen-bond acceptors (Lipinski definition) is 8. The first-order valence-electron chi connectivity index (χ1n) is 9.33. The first kappa shape index (κ1) is 20.2. The second-order valence-corrected chi connectivity index (χ2v) is 8.15. The average Bonchev–Trinajstić information content (AvgIpc) is 3.27. The highest BCUT2D eigenvalue weighted by Gasteiger charge is 2.21. The Morgan fingerprint density at radius 3 is 2.77 bits per heavy atom. The van der Waals surface area contributed by atoms with Crippen LogP contribution in [0.4, 0.5) is 16.2 Å². The molecule has 0 atom stereocenters. The molecule has 2 N–H and O–H groups in total. The first-order valence-corrected chi connectivity index (χ1v) is 10.1. The summed E-state index contributed by atoms with van der Waals surface area (Å²) < 4.78 is 21.9. The molecule has 30 heavy (non-hydrogen) atoms. The number of nitrogens with zero attached hydrogens (tertiary/aromatic N) is 5. The van der Waals surface area contributed by atoms with Gasteiger partial charge >= 0.3 is 0 Å². The Hall–Kier alpha value is -3.11. The number of anilines is 2. The van der Waals surface area contributed by atoms with Gasteiger partial charge in [0.25, 0.3) is 0 Å². The van der Waals surface area contributed by atoms with Crippen LogP contribution in [0, 0.1) is 12.7 Å². The molecule has 0 unspecified atom stereocenters. The number of aryl methyl sites for hydroxylation is 1. The molecule has 0 aromatic carbocycles. The molecule has 0 spiro atoms. The summed E-state index contributed by atoms with van der Waals surface area (Å²) in [5, 5.41) is 17.6. The van der Waals surface area contributed by atoms with Crippen molar-refractivity contribution in [3.8, 4) is 17.0 Å². The minimum atomic E-state index is -0.502. The summed E-state index contributed by atoms with van der Waals surface area (Å²) in [6, 6.07) is 3.41. The molecule has 0 aliphatic rings. The molecular formula is C20H21FN6O2S. The van der Waals surface area contributed by atoms with Crippen LogP contribution in [0.5, 0.6) is 5.88 Å². The maximum absolute atomic E-state index is 14.0. The number of hydrogen-bond donors (Lipinski definition) is 2. The van der Waals surface area contributed by atoms with Crippen molar-refractivity contribution < 1.29 is 14.2 Å². The van der Waals surface area contributed by atoms with Gasteiger partial charge in [-0.3, -0.25) is 0 Å². The standard InChI is InChI=1S/C20H21FN6O2S/c1-10(2)27-16(5-11(3)26-27)24-20-23-8-14-18(25-20)17(15(9-28)30-14)13-6-12(21)7-22-19(13)29-4/h5-8,10,28H,9H2,1-4H3,(H,23,24,25). The Morgan fingerprint density at radius 2 is 2.07 bits per heavy atom. The third-order valence-electron chi connectivity index (χ3n) is 4.51. The molecule has 156 valence electrons. The van der Waals surface area contributed by atoms with Gasteiger partial charge in [-0.1, -0.05) is 0 Å². The molecule has 0 fully saturated rings. The van der Waals surface area contributed by atoms with Crippen molar-refractivity contribution in [1.82, 2.24) is 24.7 Å².